The third kappa shape index (κ3) is 3.75. The molecule has 4 rings (SSSR count). The van der Waals surface area contributed by atoms with Gasteiger partial charge in [0.15, 0.2) is 0 Å². The first-order valence-electron chi connectivity index (χ1n) is 9.30. The molecule has 2 aromatic heterocycles. The lowest BCUT2D eigenvalue weighted by molar-refractivity contribution is -0.385. The minimum atomic E-state index is -0.553. The van der Waals surface area contributed by atoms with E-state index in [4.69, 9.17) is 4.74 Å². The number of aromatic nitrogens is 3. The zero-order chi connectivity index (χ0) is 21.3. The molecule has 150 valence electrons. The van der Waals surface area contributed by atoms with Crippen molar-refractivity contribution in [2.45, 2.75) is 20.8 Å². The van der Waals surface area contributed by atoms with Gasteiger partial charge in [-0.25, -0.2) is 4.98 Å². The topological polar surface area (TPSA) is 103 Å². The number of anilines is 2. The Morgan fingerprint density at radius 3 is 2.60 bits per heavy atom. The second-order valence-electron chi connectivity index (χ2n) is 6.94. The van der Waals surface area contributed by atoms with E-state index in [9.17, 15) is 10.1 Å². The van der Waals surface area contributed by atoms with E-state index in [1.807, 2.05) is 57.2 Å². The van der Waals surface area contributed by atoms with Crippen LogP contribution in [0.5, 0.6) is 11.6 Å². The van der Waals surface area contributed by atoms with Crippen molar-refractivity contribution in [3.63, 3.8) is 0 Å². The number of aryl methyl sites for hydroxylation is 3. The van der Waals surface area contributed by atoms with Crippen LogP contribution in [0.15, 0.2) is 54.9 Å². The van der Waals surface area contributed by atoms with Crippen molar-refractivity contribution in [1.82, 2.24) is 15.0 Å². The molecule has 0 unspecified atom stereocenters. The van der Waals surface area contributed by atoms with Crippen LogP contribution in [0.3, 0.4) is 0 Å². The monoisotopic (exact) mass is 401 g/mol. The Kier molecular flexibility index (Phi) is 4.97. The van der Waals surface area contributed by atoms with E-state index in [2.05, 4.69) is 20.3 Å². The highest BCUT2D eigenvalue weighted by molar-refractivity contribution is 5.92. The summed E-state index contributed by atoms with van der Waals surface area (Å²) < 4.78 is 5.74. The fourth-order valence-electron chi connectivity index (χ4n) is 3.06. The molecule has 0 bridgehead atoms. The lowest BCUT2D eigenvalue weighted by Crippen LogP contribution is -2.04. The number of ether oxygens (including phenoxy) is 1. The number of benzene rings is 2. The number of pyridine rings is 1. The van der Waals surface area contributed by atoms with Crippen molar-refractivity contribution in [2.24, 2.45) is 0 Å². The van der Waals surface area contributed by atoms with E-state index in [0.717, 1.165) is 22.2 Å². The Morgan fingerprint density at radius 1 is 1.00 bits per heavy atom. The highest BCUT2D eigenvalue weighted by Crippen LogP contribution is 2.36. The standard InChI is InChI=1S/C22H19N5O3/c1-13-7-10-17(11-14(13)2)30-22-20(27(28)29)21(23-12-24-22)26-18-6-4-5-16-9-8-15(3)25-19(16)18/h4-12H,1-3H3,(H,23,24,26). The summed E-state index contributed by atoms with van der Waals surface area (Å²) in [5.74, 6) is 0.364. The van der Waals surface area contributed by atoms with E-state index in [1.165, 1.54) is 6.33 Å². The molecule has 0 atom stereocenters. The van der Waals surface area contributed by atoms with Crippen molar-refractivity contribution in [3.8, 4) is 11.6 Å². The maximum Gasteiger partial charge on any atom is 0.373 e. The van der Waals surface area contributed by atoms with Crippen molar-refractivity contribution in [2.75, 3.05) is 5.32 Å². The van der Waals surface area contributed by atoms with Crippen LogP contribution in [0.1, 0.15) is 16.8 Å². The van der Waals surface area contributed by atoms with Gasteiger partial charge in [0.2, 0.25) is 5.82 Å². The second kappa shape index (κ2) is 7.75. The lowest BCUT2D eigenvalue weighted by Gasteiger charge is -2.11. The van der Waals surface area contributed by atoms with Gasteiger partial charge in [-0.1, -0.05) is 24.3 Å². The zero-order valence-corrected chi connectivity index (χ0v) is 16.7. The quantitative estimate of drug-likeness (QED) is 0.353. The highest BCUT2D eigenvalue weighted by atomic mass is 16.6. The first-order chi connectivity index (χ1) is 14.4. The predicted molar refractivity (Wildman–Crippen MR) is 114 cm³/mol. The summed E-state index contributed by atoms with van der Waals surface area (Å²) in [4.78, 5) is 23.9. The first-order valence-corrected chi connectivity index (χ1v) is 9.30. The largest absolute Gasteiger partial charge is 0.434 e. The Morgan fingerprint density at radius 2 is 1.83 bits per heavy atom. The molecule has 2 heterocycles. The number of nitrogens with one attached hydrogen (secondary N) is 1. The molecule has 0 aliphatic rings. The number of nitrogens with zero attached hydrogens (tertiary/aromatic N) is 4. The van der Waals surface area contributed by atoms with Gasteiger partial charge in [0, 0.05) is 11.1 Å². The number of fused-ring (bicyclic) bond motifs is 1. The van der Waals surface area contributed by atoms with E-state index >= 15 is 0 Å². The number of para-hydroxylation sites is 1. The van der Waals surface area contributed by atoms with Crippen LogP contribution in [-0.4, -0.2) is 19.9 Å². The summed E-state index contributed by atoms with van der Waals surface area (Å²) in [6.45, 7) is 5.81. The maximum atomic E-state index is 11.9. The van der Waals surface area contributed by atoms with Crippen LogP contribution in [0.2, 0.25) is 0 Å². The first kappa shape index (κ1) is 19.3. The minimum Gasteiger partial charge on any atom is -0.434 e. The summed E-state index contributed by atoms with van der Waals surface area (Å²) >= 11 is 0. The Hall–Kier alpha value is -4.07. The van der Waals surface area contributed by atoms with Gasteiger partial charge in [-0.3, -0.25) is 15.1 Å². The lowest BCUT2D eigenvalue weighted by atomic mass is 10.1. The van der Waals surface area contributed by atoms with Gasteiger partial charge in [0.25, 0.3) is 0 Å². The molecule has 0 fully saturated rings. The maximum absolute atomic E-state index is 11.9. The van der Waals surface area contributed by atoms with Gasteiger partial charge in [-0.05, 0) is 56.2 Å². The van der Waals surface area contributed by atoms with Gasteiger partial charge in [-0.2, -0.15) is 4.98 Å². The van der Waals surface area contributed by atoms with Crippen LogP contribution in [0, 0.1) is 30.9 Å². The summed E-state index contributed by atoms with van der Waals surface area (Å²) in [6, 6.07) is 14.9. The van der Waals surface area contributed by atoms with E-state index < -0.39 is 4.92 Å². The summed E-state index contributed by atoms with van der Waals surface area (Å²) in [6.07, 6.45) is 1.23. The molecule has 30 heavy (non-hydrogen) atoms. The molecule has 0 radical (unpaired) electrons. The molecule has 2 aromatic carbocycles. The van der Waals surface area contributed by atoms with Crippen molar-refractivity contribution in [1.29, 1.82) is 0 Å². The van der Waals surface area contributed by atoms with E-state index in [-0.39, 0.29) is 17.4 Å². The molecule has 0 spiro atoms. The van der Waals surface area contributed by atoms with E-state index in [0.29, 0.717) is 17.0 Å². The molecule has 8 nitrogen and oxygen atoms in total. The summed E-state index contributed by atoms with van der Waals surface area (Å²) in [5, 5.41) is 15.8. The molecule has 0 aliphatic heterocycles. The second-order valence-corrected chi connectivity index (χ2v) is 6.94. The van der Waals surface area contributed by atoms with Crippen LogP contribution >= 0.6 is 0 Å². The number of hydrogen-bond acceptors (Lipinski definition) is 7. The fourth-order valence-corrected chi connectivity index (χ4v) is 3.06. The average Bonchev–Trinajstić information content (AvgIpc) is 2.71. The van der Waals surface area contributed by atoms with Crippen LogP contribution in [0.4, 0.5) is 17.2 Å². The molecule has 0 saturated carbocycles. The van der Waals surface area contributed by atoms with Crippen LogP contribution < -0.4 is 10.1 Å². The normalized spacial score (nSPS) is 10.8. The van der Waals surface area contributed by atoms with Gasteiger partial charge in [0.05, 0.1) is 16.1 Å². The van der Waals surface area contributed by atoms with Crippen molar-refractivity contribution in [3.05, 3.63) is 81.8 Å². The highest BCUT2D eigenvalue weighted by Gasteiger charge is 2.26. The SMILES string of the molecule is Cc1ccc2cccc(Nc3ncnc(Oc4ccc(C)c(C)c4)c3[N+](=O)[O-])c2n1. The number of nitro groups is 1. The molecule has 4 aromatic rings. The van der Waals surface area contributed by atoms with Gasteiger partial charge < -0.3 is 10.1 Å². The molecule has 8 heteroatoms. The van der Waals surface area contributed by atoms with Crippen molar-refractivity contribution >= 4 is 28.1 Å². The molecule has 0 saturated heterocycles. The van der Waals surface area contributed by atoms with Gasteiger partial charge in [0.1, 0.15) is 12.1 Å². The number of hydrogen-bond donors (Lipinski definition) is 1. The third-order valence-electron chi connectivity index (χ3n) is 4.78. The fraction of sp³-hybridized carbons (Fsp3) is 0.136. The van der Waals surface area contributed by atoms with Crippen LogP contribution in [-0.2, 0) is 0 Å². The molecule has 0 amide bonds. The van der Waals surface area contributed by atoms with Gasteiger partial charge >= 0.3 is 11.6 Å². The molecule has 1 N–H and O–H groups in total. The average molecular weight is 401 g/mol. The van der Waals surface area contributed by atoms with E-state index in [1.54, 1.807) is 12.1 Å². The summed E-state index contributed by atoms with van der Waals surface area (Å²) in [5.41, 5.74) is 3.91. The van der Waals surface area contributed by atoms with Gasteiger partial charge in [-0.15, -0.1) is 0 Å². The minimum absolute atomic E-state index is 0.0321. The Labute approximate surface area is 172 Å². The molecular formula is C22H19N5O3. The van der Waals surface area contributed by atoms with Crippen LogP contribution in [0.25, 0.3) is 10.9 Å². The molecule has 0 aliphatic carbocycles. The Balaban J connectivity index is 1.76. The molecular weight excluding hydrogens is 382 g/mol. The zero-order valence-electron chi connectivity index (χ0n) is 16.7. The Bertz CT molecular complexity index is 1270. The number of rotatable bonds is 5. The third-order valence-corrected chi connectivity index (χ3v) is 4.78. The smallest absolute Gasteiger partial charge is 0.373 e. The van der Waals surface area contributed by atoms with Crippen molar-refractivity contribution < 1.29 is 9.66 Å². The predicted octanol–water partition coefficient (Wildman–Crippen LogP) is 5.39. The summed E-state index contributed by atoms with van der Waals surface area (Å²) in [7, 11) is 0.